The molecule has 0 radical (unpaired) electrons. The summed E-state index contributed by atoms with van der Waals surface area (Å²) in [6.07, 6.45) is 0. The molecular weight excluding hydrogens is 967 g/mol. The zero-order valence-electron chi connectivity index (χ0n) is 29.9. The largest absolute Gasteiger partial charge is 0.505 e. The van der Waals surface area contributed by atoms with Crippen LogP contribution in [0.1, 0.15) is 20.7 Å². The molecule has 4 aromatic rings. The number of nitrogens with zero attached hydrogens (tertiary/aromatic N) is 4. The predicted octanol–water partition coefficient (Wildman–Crippen LogP) is 2.03. The zero-order valence-corrected chi connectivity index (χ0v) is 34.8. The van der Waals surface area contributed by atoms with Crippen molar-refractivity contribution in [2.75, 3.05) is 30.5 Å². The molecule has 0 bridgehead atoms. The Balaban J connectivity index is 1.90. The Hall–Kier alpha value is -5.66. The third-order valence-electron chi connectivity index (χ3n) is 7.67. The molecule has 336 valence electrons. The van der Waals surface area contributed by atoms with Crippen molar-refractivity contribution in [3.63, 3.8) is 0 Å². The maximum absolute atomic E-state index is 12.7. The summed E-state index contributed by atoms with van der Waals surface area (Å²) in [5.74, 6) is -7.25. The van der Waals surface area contributed by atoms with Crippen LogP contribution < -0.4 is 5.73 Å². The molecule has 34 heteroatoms. The van der Waals surface area contributed by atoms with Crippen LogP contribution in [0.15, 0.2) is 88.6 Å². The molecule has 0 aromatic heterocycles. The van der Waals surface area contributed by atoms with Crippen molar-refractivity contribution in [3.05, 3.63) is 59.7 Å². The van der Waals surface area contributed by atoms with Gasteiger partial charge >= 0.3 is 32.7 Å². The van der Waals surface area contributed by atoms with Gasteiger partial charge in [0.1, 0.15) is 32.5 Å². The first-order valence-corrected chi connectivity index (χ1v) is 24.5. The third kappa shape index (κ3) is 11.8. The SMILES string of the molecule is Nc1c(/N=N/c2ccc(S(=O)(=O)CCOS(=O)(=O)O)cc2C(=O)O)c(S(=O)(=O)O)cc2cc(S(=O)(=O)O)c(/N=N/c3ccc(S(=O)(=O)CCOS(=O)(=O)O)cc3C(=O)O)c(O)c12. The van der Waals surface area contributed by atoms with Crippen LogP contribution in [0.5, 0.6) is 5.75 Å². The minimum absolute atomic E-state index is 0.454. The van der Waals surface area contributed by atoms with Crippen molar-refractivity contribution in [3.8, 4) is 5.75 Å². The second kappa shape index (κ2) is 17.6. The van der Waals surface area contributed by atoms with Gasteiger partial charge in [0.2, 0.25) is 0 Å². The van der Waals surface area contributed by atoms with E-state index in [0.29, 0.717) is 30.3 Å². The highest BCUT2D eigenvalue weighted by atomic mass is 32.3. The van der Waals surface area contributed by atoms with Crippen LogP contribution in [0, 0.1) is 0 Å². The number of carbonyl (C=O) groups is 2. The molecule has 0 saturated heterocycles. The normalized spacial score (nSPS) is 13.3. The van der Waals surface area contributed by atoms with Gasteiger partial charge in [0.25, 0.3) is 20.2 Å². The van der Waals surface area contributed by atoms with E-state index in [9.17, 15) is 84.5 Å². The molecule has 0 aliphatic rings. The van der Waals surface area contributed by atoms with Gasteiger partial charge in [0.05, 0.1) is 56.7 Å². The van der Waals surface area contributed by atoms with Crippen LogP contribution in [0.4, 0.5) is 28.4 Å². The van der Waals surface area contributed by atoms with Gasteiger partial charge in [-0.25, -0.2) is 34.8 Å². The van der Waals surface area contributed by atoms with Crippen molar-refractivity contribution in [2.24, 2.45) is 20.5 Å². The van der Waals surface area contributed by atoms with Gasteiger partial charge < -0.3 is 21.1 Å². The number of phenolic OH excluding ortho intramolecular Hbond substituents is 1. The van der Waals surface area contributed by atoms with Crippen molar-refractivity contribution in [1.82, 2.24) is 0 Å². The van der Waals surface area contributed by atoms with Gasteiger partial charge in [0.15, 0.2) is 25.4 Å². The lowest BCUT2D eigenvalue weighted by Gasteiger charge is -2.14. The number of carboxylic acids is 2. The van der Waals surface area contributed by atoms with Crippen molar-refractivity contribution >= 4 is 112 Å². The average Bonchev–Trinajstić information content (AvgIpc) is 3.11. The molecule has 62 heavy (non-hydrogen) atoms. The molecule has 0 amide bonds. The number of phenols is 1. The minimum atomic E-state index is -5.50. The molecule has 0 saturated carbocycles. The number of aromatic hydroxyl groups is 1. The quantitative estimate of drug-likeness (QED) is 0.0401. The predicted molar refractivity (Wildman–Crippen MR) is 204 cm³/mol. The molecule has 9 N–H and O–H groups in total. The number of nitrogens with two attached hydrogens (primary N) is 1. The lowest BCUT2D eigenvalue weighted by Crippen LogP contribution is -2.16. The number of benzene rings is 4. The fraction of sp³-hybridized carbons (Fsp3) is 0.143. The van der Waals surface area contributed by atoms with Crippen molar-refractivity contribution < 1.29 is 102 Å². The standard InChI is InChI=1S/C28H25N5O23S6/c29-23-22-13(9-20(59(43,44)45)24(23)32-30-18-3-1-14(11-16(18)27(35)36)57(39,40)7-5-55-61(49,50)51)10-21(60(46,47)48)25(26(22)34)33-31-19-4-2-15(12-17(19)28(37)38)58(41,42)8-6-56-62(52,53)54/h1-4,9-12,34H,5-8,29H2,(H,35,36)(H,37,38)(H,43,44,45)(H,46,47,48)(H,49,50,51)(H,52,53,54)/b32-30+,33-31+. The number of fused-ring (bicyclic) bond motifs is 1. The third-order valence-corrected chi connectivity index (χ3v) is 13.7. The van der Waals surface area contributed by atoms with E-state index < -0.39 is 173 Å². The van der Waals surface area contributed by atoms with Crippen LogP contribution in [-0.4, -0.2) is 121 Å². The van der Waals surface area contributed by atoms with Gasteiger partial charge in [-0.1, -0.05) is 0 Å². The zero-order chi connectivity index (χ0) is 47.0. The Morgan fingerprint density at radius 3 is 1.29 bits per heavy atom. The number of nitrogen functional groups attached to an aromatic ring is 1. The Morgan fingerprint density at radius 2 is 0.935 bits per heavy atom. The van der Waals surface area contributed by atoms with Crippen LogP contribution >= 0.6 is 0 Å². The first-order valence-electron chi connectivity index (χ1n) is 15.6. The maximum Gasteiger partial charge on any atom is 0.397 e. The number of anilines is 1. The number of rotatable bonds is 18. The van der Waals surface area contributed by atoms with E-state index in [1.165, 1.54) is 0 Å². The van der Waals surface area contributed by atoms with Gasteiger partial charge in [-0.2, -0.15) is 33.7 Å². The van der Waals surface area contributed by atoms with E-state index in [4.69, 9.17) is 14.8 Å². The second-order valence-electron chi connectivity index (χ2n) is 11.8. The Morgan fingerprint density at radius 1 is 0.565 bits per heavy atom. The molecule has 4 aromatic carbocycles. The average molecular weight is 992 g/mol. The monoisotopic (exact) mass is 991 g/mol. The molecule has 0 aliphatic heterocycles. The fourth-order valence-corrected chi connectivity index (χ4v) is 9.33. The summed E-state index contributed by atoms with van der Waals surface area (Å²) in [4.78, 5) is 20.0. The number of carboxylic acid groups (broad SMARTS) is 2. The highest BCUT2D eigenvalue weighted by Crippen LogP contribution is 2.48. The van der Waals surface area contributed by atoms with Crippen LogP contribution in [0.25, 0.3) is 10.8 Å². The summed E-state index contributed by atoms with van der Waals surface area (Å²) < 4.78 is 189. The molecular formula is C28H25N5O23S6. The topological polar surface area (TPSA) is 475 Å². The van der Waals surface area contributed by atoms with E-state index in [-0.39, 0.29) is 0 Å². The molecule has 0 spiro atoms. The Bertz CT molecular complexity index is 3080. The maximum atomic E-state index is 12.7. The summed E-state index contributed by atoms with van der Waals surface area (Å²) in [7, 11) is -30.1. The van der Waals surface area contributed by atoms with Gasteiger partial charge in [-0.15, -0.1) is 20.5 Å². The summed E-state index contributed by atoms with van der Waals surface area (Å²) in [5.41, 5.74) is -0.507. The van der Waals surface area contributed by atoms with Gasteiger partial charge in [-0.05, 0) is 53.9 Å². The van der Waals surface area contributed by atoms with Crippen LogP contribution in [0.2, 0.25) is 0 Å². The Kier molecular flexibility index (Phi) is 13.9. The van der Waals surface area contributed by atoms with E-state index >= 15 is 0 Å². The number of hydrogen-bond acceptors (Lipinski definition) is 22. The highest BCUT2D eigenvalue weighted by Gasteiger charge is 2.29. The molecule has 4 rings (SSSR count). The van der Waals surface area contributed by atoms with E-state index in [1.54, 1.807) is 0 Å². The summed E-state index contributed by atoms with van der Waals surface area (Å²) in [6, 6.07) is 4.89. The molecule has 28 nitrogen and oxygen atoms in total. The molecule has 0 unspecified atom stereocenters. The number of azo groups is 2. The van der Waals surface area contributed by atoms with Crippen LogP contribution in [0.3, 0.4) is 0 Å². The molecule has 0 aliphatic carbocycles. The summed E-state index contributed by atoms with van der Waals surface area (Å²) in [6.45, 7) is -2.18. The van der Waals surface area contributed by atoms with E-state index in [0.717, 1.165) is 18.2 Å². The van der Waals surface area contributed by atoms with Gasteiger partial charge in [-0.3, -0.25) is 18.2 Å². The number of hydrogen-bond donors (Lipinski definition) is 8. The smallest absolute Gasteiger partial charge is 0.397 e. The molecule has 0 heterocycles. The lowest BCUT2D eigenvalue weighted by atomic mass is 10.1. The van der Waals surface area contributed by atoms with Crippen molar-refractivity contribution in [1.29, 1.82) is 0 Å². The van der Waals surface area contributed by atoms with E-state index in [1.807, 2.05) is 0 Å². The van der Waals surface area contributed by atoms with E-state index in [2.05, 4.69) is 28.8 Å². The summed E-state index contributed by atoms with van der Waals surface area (Å²) >= 11 is 0. The Labute approximate surface area is 348 Å². The lowest BCUT2D eigenvalue weighted by molar-refractivity contribution is 0.0686. The molecule has 0 fully saturated rings. The fourth-order valence-electron chi connectivity index (χ4n) is 4.98. The second-order valence-corrected chi connectivity index (χ2v) is 20.9. The highest BCUT2D eigenvalue weighted by molar-refractivity contribution is 7.91. The number of sulfone groups is 2. The van der Waals surface area contributed by atoms with Gasteiger partial charge in [0, 0.05) is 0 Å². The minimum Gasteiger partial charge on any atom is -0.505 e. The number of aromatic carboxylic acids is 2. The first-order chi connectivity index (χ1) is 28.2. The van der Waals surface area contributed by atoms with Crippen LogP contribution in [-0.2, 0) is 69.1 Å². The molecule has 0 atom stereocenters. The van der Waals surface area contributed by atoms with Crippen molar-refractivity contribution in [2.45, 2.75) is 19.6 Å². The summed E-state index contributed by atoms with van der Waals surface area (Å²) in [5, 5.41) is 43.5. The first kappa shape index (κ1) is 49.0.